The van der Waals surface area contributed by atoms with E-state index in [0.29, 0.717) is 6.61 Å². The molecule has 0 aromatic carbocycles. The third kappa shape index (κ3) is 5.65. The lowest BCUT2D eigenvalue weighted by molar-refractivity contribution is -0.120. The highest BCUT2D eigenvalue weighted by molar-refractivity contribution is 5.80. The van der Waals surface area contributed by atoms with Crippen LogP contribution in [0.15, 0.2) is 0 Å². The van der Waals surface area contributed by atoms with Gasteiger partial charge < -0.3 is 15.4 Å². The first-order valence-electron chi connectivity index (χ1n) is 6.24. The molecule has 1 amide bonds. The summed E-state index contributed by atoms with van der Waals surface area (Å²) in [5.74, 6) is 5.45. The van der Waals surface area contributed by atoms with Crippen LogP contribution in [-0.2, 0) is 4.79 Å². The van der Waals surface area contributed by atoms with Crippen LogP contribution in [0.25, 0.3) is 0 Å². The van der Waals surface area contributed by atoms with E-state index in [9.17, 15) is 4.79 Å². The highest BCUT2D eigenvalue weighted by atomic mass is 16.5. The fraction of sp³-hybridized carbons (Fsp3) is 0.636. The van der Waals surface area contributed by atoms with Crippen molar-refractivity contribution in [1.82, 2.24) is 20.3 Å². The number of hydrazine groups is 1. The molecule has 9 heteroatoms. The van der Waals surface area contributed by atoms with Crippen molar-refractivity contribution < 1.29 is 9.53 Å². The molecule has 0 saturated carbocycles. The average molecular weight is 283 g/mol. The molecular weight excluding hydrogens is 262 g/mol. The van der Waals surface area contributed by atoms with E-state index >= 15 is 0 Å². The highest BCUT2D eigenvalue weighted by Gasteiger charge is 2.14. The Hall–Kier alpha value is -2.16. The van der Waals surface area contributed by atoms with Crippen LogP contribution in [0.5, 0.6) is 6.01 Å². The molecule has 0 aliphatic rings. The second kappa shape index (κ2) is 6.85. The molecule has 1 aromatic heterocycles. The predicted octanol–water partition coefficient (Wildman–Crippen LogP) is -0.118. The van der Waals surface area contributed by atoms with Crippen LogP contribution in [0.2, 0.25) is 0 Å². The molecule has 0 saturated heterocycles. The van der Waals surface area contributed by atoms with Crippen molar-refractivity contribution in [3.8, 4) is 6.01 Å². The second-order valence-corrected chi connectivity index (χ2v) is 4.99. The second-order valence-electron chi connectivity index (χ2n) is 4.99. The number of nitrogens with two attached hydrogens (primary N) is 1. The Labute approximate surface area is 117 Å². The van der Waals surface area contributed by atoms with E-state index in [4.69, 9.17) is 10.6 Å². The van der Waals surface area contributed by atoms with Crippen LogP contribution < -0.4 is 26.6 Å². The molecule has 0 fully saturated rings. The summed E-state index contributed by atoms with van der Waals surface area (Å²) in [6.45, 7) is 7.96. The number of carbonyl (C=O) groups excluding carboxylic acids is 1. The van der Waals surface area contributed by atoms with Gasteiger partial charge in [0.05, 0.1) is 13.2 Å². The standard InChI is InChI=1S/C11H21N7O2/c1-5-20-10-15-8(14-9(16-10)18-12)13-6-7(19)17-11(2,3)4/h5-6,12H2,1-4H3,(H,17,19)(H2,13,14,15,16,18). The molecule has 0 atom stereocenters. The lowest BCUT2D eigenvalue weighted by Gasteiger charge is -2.20. The minimum absolute atomic E-state index is 0.0386. The zero-order chi connectivity index (χ0) is 15.2. The molecule has 112 valence electrons. The zero-order valence-corrected chi connectivity index (χ0v) is 12.1. The van der Waals surface area contributed by atoms with Crippen molar-refractivity contribution in [3.63, 3.8) is 0 Å². The smallest absolute Gasteiger partial charge is 0.323 e. The molecular formula is C11H21N7O2. The number of carbonyl (C=O) groups is 1. The van der Waals surface area contributed by atoms with Crippen LogP contribution in [0, 0.1) is 0 Å². The van der Waals surface area contributed by atoms with Crippen LogP contribution in [-0.4, -0.2) is 39.5 Å². The lowest BCUT2D eigenvalue weighted by atomic mass is 10.1. The Balaban J connectivity index is 2.67. The van der Waals surface area contributed by atoms with Crippen LogP contribution in [0.4, 0.5) is 11.9 Å². The molecule has 0 aliphatic heterocycles. The number of nitrogens with zero attached hydrogens (tertiary/aromatic N) is 3. The third-order valence-electron chi connectivity index (χ3n) is 1.94. The number of ether oxygens (including phenoxy) is 1. The van der Waals surface area contributed by atoms with Crippen molar-refractivity contribution in [2.24, 2.45) is 5.84 Å². The van der Waals surface area contributed by atoms with Crippen LogP contribution in [0.3, 0.4) is 0 Å². The lowest BCUT2D eigenvalue weighted by Crippen LogP contribution is -2.43. The van der Waals surface area contributed by atoms with Gasteiger partial charge in [-0.15, -0.1) is 0 Å². The highest BCUT2D eigenvalue weighted by Crippen LogP contribution is 2.10. The SMILES string of the molecule is CCOc1nc(NN)nc(NCC(=O)NC(C)(C)C)n1. The van der Waals surface area contributed by atoms with Crippen LogP contribution >= 0.6 is 0 Å². The first-order valence-corrected chi connectivity index (χ1v) is 6.24. The Morgan fingerprint density at radius 3 is 2.45 bits per heavy atom. The van der Waals surface area contributed by atoms with Crippen molar-refractivity contribution >= 4 is 17.8 Å². The molecule has 20 heavy (non-hydrogen) atoms. The number of hydrogen-bond donors (Lipinski definition) is 4. The van der Waals surface area contributed by atoms with Gasteiger partial charge in [0, 0.05) is 5.54 Å². The molecule has 9 nitrogen and oxygen atoms in total. The van der Waals surface area contributed by atoms with Gasteiger partial charge in [-0.25, -0.2) is 5.84 Å². The van der Waals surface area contributed by atoms with Crippen molar-refractivity contribution in [3.05, 3.63) is 0 Å². The summed E-state index contributed by atoms with van der Waals surface area (Å²) in [5, 5.41) is 5.60. The number of rotatable bonds is 6. The largest absolute Gasteiger partial charge is 0.464 e. The number of aromatic nitrogens is 3. The van der Waals surface area contributed by atoms with E-state index in [1.807, 2.05) is 27.7 Å². The van der Waals surface area contributed by atoms with E-state index in [0.717, 1.165) is 0 Å². The maximum atomic E-state index is 11.7. The summed E-state index contributed by atoms with van der Waals surface area (Å²) in [6.07, 6.45) is 0. The third-order valence-corrected chi connectivity index (χ3v) is 1.94. The number of nitrogen functional groups attached to an aromatic ring is 1. The monoisotopic (exact) mass is 283 g/mol. The predicted molar refractivity (Wildman–Crippen MR) is 75.2 cm³/mol. The first kappa shape index (κ1) is 15.9. The first-order chi connectivity index (χ1) is 9.34. The average Bonchev–Trinajstić information content (AvgIpc) is 2.34. The Morgan fingerprint density at radius 1 is 1.25 bits per heavy atom. The van der Waals surface area contributed by atoms with Gasteiger partial charge in [0.25, 0.3) is 0 Å². The van der Waals surface area contributed by atoms with Gasteiger partial charge >= 0.3 is 6.01 Å². The topological polar surface area (TPSA) is 127 Å². The fourth-order valence-electron chi connectivity index (χ4n) is 1.32. The maximum absolute atomic E-state index is 11.7. The molecule has 0 spiro atoms. The Morgan fingerprint density at radius 2 is 1.90 bits per heavy atom. The van der Waals surface area contributed by atoms with Gasteiger partial charge in [-0.05, 0) is 27.7 Å². The molecule has 1 heterocycles. The van der Waals surface area contributed by atoms with Crippen LogP contribution in [0.1, 0.15) is 27.7 Å². The van der Waals surface area contributed by atoms with Crippen molar-refractivity contribution in [1.29, 1.82) is 0 Å². The maximum Gasteiger partial charge on any atom is 0.323 e. The Kier molecular flexibility index (Phi) is 5.44. The number of nitrogens with one attached hydrogen (secondary N) is 3. The van der Waals surface area contributed by atoms with Gasteiger partial charge in [0.2, 0.25) is 17.8 Å². The van der Waals surface area contributed by atoms with E-state index in [-0.39, 0.29) is 35.9 Å². The fourth-order valence-corrected chi connectivity index (χ4v) is 1.32. The normalized spacial score (nSPS) is 10.8. The number of hydrogen-bond acceptors (Lipinski definition) is 8. The van der Waals surface area contributed by atoms with Gasteiger partial charge in [-0.3, -0.25) is 10.2 Å². The molecule has 1 aromatic rings. The van der Waals surface area contributed by atoms with Gasteiger partial charge in [0.15, 0.2) is 0 Å². The zero-order valence-electron chi connectivity index (χ0n) is 12.1. The summed E-state index contributed by atoms with van der Waals surface area (Å²) >= 11 is 0. The quantitative estimate of drug-likeness (QED) is 0.420. The Bertz CT molecular complexity index is 459. The number of anilines is 2. The van der Waals surface area contributed by atoms with E-state index in [1.54, 1.807) is 0 Å². The molecule has 5 N–H and O–H groups in total. The minimum atomic E-state index is -0.293. The number of amides is 1. The minimum Gasteiger partial charge on any atom is -0.464 e. The molecule has 0 unspecified atom stereocenters. The molecule has 0 radical (unpaired) electrons. The summed E-state index contributed by atoms with van der Waals surface area (Å²) in [6, 6.07) is 0.133. The van der Waals surface area contributed by atoms with E-state index in [2.05, 4.69) is 31.0 Å². The molecule has 0 bridgehead atoms. The summed E-state index contributed by atoms with van der Waals surface area (Å²) in [5.41, 5.74) is 2.02. The molecule has 1 rings (SSSR count). The van der Waals surface area contributed by atoms with Gasteiger partial charge in [-0.2, -0.15) is 15.0 Å². The van der Waals surface area contributed by atoms with Gasteiger partial charge in [0.1, 0.15) is 0 Å². The molecule has 0 aliphatic carbocycles. The summed E-state index contributed by atoms with van der Waals surface area (Å²) in [7, 11) is 0. The van der Waals surface area contributed by atoms with E-state index in [1.165, 1.54) is 0 Å². The summed E-state index contributed by atoms with van der Waals surface area (Å²) < 4.78 is 5.18. The van der Waals surface area contributed by atoms with Gasteiger partial charge in [-0.1, -0.05) is 0 Å². The summed E-state index contributed by atoms with van der Waals surface area (Å²) in [4.78, 5) is 23.6. The van der Waals surface area contributed by atoms with E-state index < -0.39 is 0 Å². The van der Waals surface area contributed by atoms with Crippen molar-refractivity contribution in [2.45, 2.75) is 33.2 Å². The van der Waals surface area contributed by atoms with Crippen molar-refractivity contribution in [2.75, 3.05) is 23.9 Å².